The molecular formula is C22H27BrN4O3. The quantitative estimate of drug-likeness (QED) is 0.571. The Labute approximate surface area is 183 Å². The van der Waals surface area contributed by atoms with E-state index in [2.05, 4.69) is 27.8 Å². The summed E-state index contributed by atoms with van der Waals surface area (Å²) in [6, 6.07) is 5.92. The number of benzene rings is 1. The number of likely N-dealkylation sites (tertiary alicyclic amines) is 1. The molecule has 0 saturated carbocycles. The molecule has 160 valence electrons. The van der Waals surface area contributed by atoms with Crippen LogP contribution in [0.25, 0.3) is 21.9 Å². The summed E-state index contributed by atoms with van der Waals surface area (Å²) < 4.78 is 9.91. The first-order chi connectivity index (χ1) is 14.0. The van der Waals surface area contributed by atoms with Gasteiger partial charge in [0.15, 0.2) is 0 Å². The number of halogens is 1. The largest absolute Gasteiger partial charge is 0.444 e. The van der Waals surface area contributed by atoms with Crippen molar-refractivity contribution < 1.29 is 9.53 Å². The molecule has 30 heavy (non-hydrogen) atoms. The summed E-state index contributed by atoms with van der Waals surface area (Å²) in [6.45, 7) is 9.66. The van der Waals surface area contributed by atoms with Gasteiger partial charge >= 0.3 is 11.8 Å². The molecule has 3 heterocycles. The van der Waals surface area contributed by atoms with Crippen LogP contribution in [0.1, 0.15) is 27.7 Å². The molecule has 7 nitrogen and oxygen atoms in total. The fourth-order valence-corrected chi connectivity index (χ4v) is 4.36. The molecule has 1 aliphatic rings. The number of pyridine rings is 1. The molecule has 4 rings (SSSR count). The first kappa shape index (κ1) is 20.9. The third kappa shape index (κ3) is 3.73. The Kier molecular flexibility index (Phi) is 5.16. The Morgan fingerprint density at radius 3 is 2.70 bits per heavy atom. The van der Waals surface area contributed by atoms with E-state index in [9.17, 15) is 9.59 Å². The lowest BCUT2D eigenvalue weighted by Gasteiger charge is -2.42. The van der Waals surface area contributed by atoms with Crippen molar-refractivity contribution in [2.75, 3.05) is 13.1 Å². The zero-order chi connectivity index (χ0) is 21.8. The zero-order valence-electron chi connectivity index (χ0n) is 18.0. The van der Waals surface area contributed by atoms with E-state index in [-0.39, 0.29) is 17.7 Å². The van der Waals surface area contributed by atoms with Crippen LogP contribution in [0.15, 0.2) is 33.7 Å². The van der Waals surface area contributed by atoms with Crippen molar-refractivity contribution in [3.63, 3.8) is 0 Å². The van der Waals surface area contributed by atoms with Crippen LogP contribution in [0.3, 0.4) is 0 Å². The van der Waals surface area contributed by atoms with Crippen molar-refractivity contribution in [3.05, 3.63) is 39.4 Å². The molecule has 1 aromatic carbocycles. The van der Waals surface area contributed by atoms with Crippen molar-refractivity contribution in [2.24, 2.45) is 18.9 Å². The van der Waals surface area contributed by atoms with Gasteiger partial charge in [-0.25, -0.2) is 9.59 Å². The van der Waals surface area contributed by atoms with E-state index in [4.69, 9.17) is 4.74 Å². The molecule has 2 aromatic heterocycles. The molecule has 0 bridgehead atoms. The smallest absolute Gasteiger partial charge is 0.410 e. The van der Waals surface area contributed by atoms with Gasteiger partial charge < -0.3 is 9.64 Å². The van der Waals surface area contributed by atoms with Crippen LogP contribution in [-0.4, -0.2) is 43.8 Å². The topological polar surface area (TPSA) is 69.4 Å². The molecule has 3 aromatic rings. The molecule has 1 fully saturated rings. The Bertz CT molecular complexity index is 1190. The van der Waals surface area contributed by atoms with Crippen LogP contribution >= 0.6 is 15.9 Å². The Balaban J connectivity index is 1.59. The van der Waals surface area contributed by atoms with Gasteiger partial charge in [0.2, 0.25) is 0 Å². The summed E-state index contributed by atoms with van der Waals surface area (Å²) in [5.41, 5.74) is 2.05. The predicted molar refractivity (Wildman–Crippen MR) is 121 cm³/mol. The van der Waals surface area contributed by atoms with Crippen LogP contribution in [0.2, 0.25) is 0 Å². The molecule has 8 heteroatoms. The van der Waals surface area contributed by atoms with Gasteiger partial charge in [-0.05, 0) is 50.8 Å². The lowest BCUT2D eigenvalue weighted by molar-refractivity contribution is -0.0107. The minimum atomic E-state index is -0.493. The van der Waals surface area contributed by atoms with E-state index in [1.165, 1.54) is 0 Å². The highest BCUT2D eigenvalue weighted by Gasteiger charge is 2.37. The van der Waals surface area contributed by atoms with Gasteiger partial charge in [0.1, 0.15) is 5.60 Å². The molecule has 0 N–H and O–H groups in total. The number of carbonyl (C=O) groups excluding carboxylic acids is 1. The van der Waals surface area contributed by atoms with Gasteiger partial charge in [-0.3, -0.25) is 14.1 Å². The Hall–Kier alpha value is -2.35. The number of amides is 1. The van der Waals surface area contributed by atoms with Gasteiger partial charge in [-0.1, -0.05) is 22.9 Å². The van der Waals surface area contributed by atoms with Gasteiger partial charge in [0, 0.05) is 36.5 Å². The maximum atomic E-state index is 13.0. The van der Waals surface area contributed by atoms with E-state index in [1.54, 1.807) is 22.7 Å². The Morgan fingerprint density at radius 2 is 2.03 bits per heavy atom. The third-order valence-electron chi connectivity index (χ3n) is 5.77. The maximum absolute atomic E-state index is 13.0. The lowest BCUT2D eigenvalue weighted by Crippen LogP contribution is -2.54. The predicted octanol–water partition coefficient (Wildman–Crippen LogP) is 4.15. The summed E-state index contributed by atoms with van der Waals surface area (Å²) in [7, 11) is 1.78. The SMILES string of the molecule is CC(Cn1c(=O)n(C)c2cnc3ccc(Br)cc3c21)C1CN(C(=O)OC(C)(C)C)C1. The summed E-state index contributed by atoms with van der Waals surface area (Å²) in [5.74, 6) is 0.571. The highest BCUT2D eigenvalue weighted by Crippen LogP contribution is 2.30. The number of ether oxygens (including phenoxy) is 1. The Morgan fingerprint density at radius 1 is 1.33 bits per heavy atom. The number of hydrogen-bond acceptors (Lipinski definition) is 4. The zero-order valence-corrected chi connectivity index (χ0v) is 19.6. The highest BCUT2D eigenvalue weighted by atomic mass is 79.9. The molecule has 1 aliphatic heterocycles. The molecule has 1 unspecified atom stereocenters. The van der Waals surface area contributed by atoms with Crippen molar-refractivity contribution in [2.45, 2.75) is 39.8 Å². The van der Waals surface area contributed by atoms with E-state index in [0.717, 1.165) is 26.4 Å². The summed E-state index contributed by atoms with van der Waals surface area (Å²) in [4.78, 5) is 31.5. The van der Waals surface area contributed by atoms with Crippen LogP contribution in [0.5, 0.6) is 0 Å². The maximum Gasteiger partial charge on any atom is 0.410 e. The number of fused-ring (bicyclic) bond motifs is 3. The first-order valence-corrected chi connectivity index (χ1v) is 11.0. The molecule has 1 amide bonds. The average molecular weight is 475 g/mol. The van der Waals surface area contributed by atoms with Gasteiger partial charge in [0.25, 0.3) is 0 Å². The van der Waals surface area contributed by atoms with E-state index >= 15 is 0 Å². The standard InChI is InChI=1S/C22H27BrN4O3/c1-13(14-11-26(12-14)21(29)30-22(2,3)4)10-27-19-16-8-15(23)6-7-17(16)24-9-18(19)25(5)20(27)28/h6-9,13-14H,10-12H2,1-5H3. The molecule has 1 saturated heterocycles. The number of carbonyl (C=O) groups is 1. The van der Waals surface area contributed by atoms with Crippen molar-refractivity contribution in [3.8, 4) is 0 Å². The van der Waals surface area contributed by atoms with E-state index < -0.39 is 5.60 Å². The summed E-state index contributed by atoms with van der Waals surface area (Å²) in [6.07, 6.45) is 1.50. The second-order valence-corrected chi connectivity index (χ2v) is 10.1. The highest BCUT2D eigenvalue weighted by molar-refractivity contribution is 9.10. The molecule has 0 aliphatic carbocycles. The number of hydrogen-bond donors (Lipinski definition) is 0. The van der Waals surface area contributed by atoms with Crippen molar-refractivity contribution in [1.29, 1.82) is 0 Å². The molecular weight excluding hydrogens is 448 g/mol. The summed E-state index contributed by atoms with van der Waals surface area (Å²) in [5, 5.41) is 0.954. The number of rotatable bonds is 3. The van der Waals surface area contributed by atoms with Crippen LogP contribution in [0, 0.1) is 11.8 Å². The van der Waals surface area contributed by atoms with E-state index in [1.807, 2.05) is 43.5 Å². The second-order valence-electron chi connectivity index (χ2n) is 9.23. The van der Waals surface area contributed by atoms with Crippen molar-refractivity contribution in [1.82, 2.24) is 19.0 Å². The van der Waals surface area contributed by atoms with Crippen LogP contribution in [0.4, 0.5) is 4.79 Å². The molecule has 0 spiro atoms. The fraction of sp³-hybridized carbons (Fsp3) is 0.500. The normalized spacial score (nSPS) is 16.1. The van der Waals surface area contributed by atoms with Crippen molar-refractivity contribution >= 4 is 44.0 Å². The monoisotopic (exact) mass is 474 g/mol. The number of nitrogens with zero attached hydrogens (tertiary/aromatic N) is 4. The summed E-state index contributed by atoms with van der Waals surface area (Å²) >= 11 is 3.53. The fourth-order valence-electron chi connectivity index (χ4n) is 4.00. The molecule has 1 atom stereocenters. The van der Waals surface area contributed by atoms with Crippen LogP contribution in [-0.2, 0) is 18.3 Å². The number of imidazole rings is 1. The van der Waals surface area contributed by atoms with Crippen LogP contribution < -0.4 is 5.69 Å². The number of aryl methyl sites for hydroxylation is 1. The van der Waals surface area contributed by atoms with Gasteiger partial charge in [-0.15, -0.1) is 0 Å². The van der Waals surface area contributed by atoms with Gasteiger partial charge in [-0.2, -0.15) is 0 Å². The number of aromatic nitrogens is 3. The minimum absolute atomic E-state index is 0.0468. The lowest BCUT2D eigenvalue weighted by atomic mass is 9.87. The van der Waals surface area contributed by atoms with E-state index in [0.29, 0.717) is 25.6 Å². The van der Waals surface area contributed by atoms with Gasteiger partial charge in [0.05, 0.1) is 22.7 Å². The second kappa shape index (κ2) is 7.41. The average Bonchev–Trinajstić information content (AvgIpc) is 2.84. The minimum Gasteiger partial charge on any atom is -0.444 e. The third-order valence-corrected chi connectivity index (χ3v) is 6.26. The molecule has 0 radical (unpaired) electrons. The first-order valence-electron chi connectivity index (χ1n) is 10.2.